The van der Waals surface area contributed by atoms with Gasteiger partial charge in [-0.3, -0.25) is 0 Å². The van der Waals surface area contributed by atoms with Crippen molar-refractivity contribution in [3.05, 3.63) is 0 Å². The fourth-order valence-corrected chi connectivity index (χ4v) is 3.86. The summed E-state index contributed by atoms with van der Waals surface area (Å²) < 4.78 is 28.2. The van der Waals surface area contributed by atoms with Crippen molar-refractivity contribution in [1.82, 2.24) is 5.32 Å². The zero-order valence-corrected chi connectivity index (χ0v) is 12.3. The van der Waals surface area contributed by atoms with E-state index in [0.29, 0.717) is 19.6 Å². The van der Waals surface area contributed by atoms with E-state index < -0.39 is 15.4 Å². The lowest BCUT2D eigenvalue weighted by molar-refractivity contribution is 0.0229. The molecule has 1 fully saturated rings. The number of hydrogen-bond donors (Lipinski definition) is 2. The molecular weight excluding hydrogens is 254 g/mol. The second-order valence-corrected chi connectivity index (χ2v) is 7.79. The van der Waals surface area contributed by atoms with Gasteiger partial charge in [-0.2, -0.15) is 0 Å². The van der Waals surface area contributed by atoms with Crippen LogP contribution in [0.1, 0.15) is 32.6 Å². The lowest BCUT2D eigenvalue weighted by atomic mass is 10.0. The monoisotopic (exact) mass is 279 g/mol. The third-order valence-corrected chi connectivity index (χ3v) is 5.26. The lowest BCUT2D eigenvalue weighted by Gasteiger charge is -2.27. The van der Waals surface area contributed by atoms with Crippen molar-refractivity contribution in [2.45, 2.75) is 49.5 Å². The molecule has 1 aliphatic rings. The quantitative estimate of drug-likeness (QED) is 0.702. The van der Waals surface area contributed by atoms with Crippen LogP contribution in [0.3, 0.4) is 0 Å². The Bertz CT molecular complexity index is 353. The first-order valence-electron chi connectivity index (χ1n) is 6.40. The highest BCUT2D eigenvalue weighted by Crippen LogP contribution is 2.25. The molecule has 18 heavy (non-hydrogen) atoms. The molecule has 2 N–H and O–H groups in total. The molecule has 3 atom stereocenters. The first kappa shape index (κ1) is 15.9. The number of rotatable bonds is 7. The van der Waals surface area contributed by atoms with Crippen molar-refractivity contribution >= 4 is 9.84 Å². The Kier molecular flexibility index (Phi) is 5.58. The summed E-state index contributed by atoms with van der Waals surface area (Å²) in [6, 6.07) is -0.0333. The fourth-order valence-electron chi connectivity index (χ4n) is 2.43. The minimum absolute atomic E-state index is 0.0333. The van der Waals surface area contributed by atoms with Gasteiger partial charge >= 0.3 is 0 Å². The zero-order chi connectivity index (χ0) is 13.8. The minimum atomic E-state index is -3.01. The van der Waals surface area contributed by atoms with E-state index >= 15 is 0 Å². The molecule has 3 unspecified atom stereocenters. The Balaban J connectivity index is 2.47. The van der Waals surface area contributed by atoms with Gasteiger partial charge in [-0.1, -0.05) is 6.42 Å². The van der Waals surface area contributed by atoms with E-state index in [1.54, 1.807) is 14.0 Å². The zero-order valence-electron chi connectivity index (χ0n) is 11.5. The summed E-state index contributed by atoms with van der Waals surface area (Å²) in [4.78, 5) is 0. The molecule has 0 bridgehead atoms. The topological polar surface area (TPSA) is 75.6 Å². The maximum atomic E-state index is 11.6. The van der Waals surface area contributed by atoms with Gasteiger partial charge in [0, 0.05) is 39.0 Å². The maximum Gasteiger partial charge on any atom is 0.151 e. The first-order chi connectivity index (χ1) is 8.26. The number of hydrogen-bond acceptors (Lipinski definition) is 5. The van der Waals surface area contributed by atoms with Gasteiger partial charge in [0.15, 0.2) is 9.84 Å². The third-order valence-electron chi connectivity index (χ3n) is 3.59. The van der Waals surface area contributed by atoms with Gasteiger partial charge in [-0.25, -0.2) is 8.42 Å². The molecule has 0 amide bonds. The molecule has 1 rings (SSSR count). The molecule has 0 aliphatic heterocycles. The lowest BCUT2D eigenvalue weighted by Crippen LogP contribution is -2.47. The molecule has 0 aromatic carbocycles. The molecule has 5 nitrogen and oxygen atoms in total. The highest BCUT2D eigenvalue weighted by atomic mass is 32.2. The van der Waals surface area contributed by atoms with Crippen LogP contribution in [0.2, 0.25) is 0 Å². The molecule has 6 heteroatoms. The number of nitrogens with one attached hydrogen (secondary N) is 1. The largest absolute Gasteiger partial charge is 0.389 e. The van der Waals surface area contributed by atoms with E-state index in [0.717, 1.165) is 19.3 Å². The average molecular weight is 279 g/mol. The molecule has 0 radical (unpaired) electrons. The molecule has 0 aromatic heterocycles. The minimum Gasteiger partial charge on any atom is -0.389 e. The van der Waals surface area contributed by atoms with Crippen molar-refractivity contribution in [3.63, 3.8) is 0 Å². The van der Waals surface area contributed by atoms with Crippen LogP contribution in [-0.4, -0.2) is 56.9 Å². The van der Waals surface area contributed by atoms with Crippen LogP contribution >= 0.6 is 0 Å². The summed E-state index contributed by atoms with van der Waals surface area (Å²) in [5, 5.41) is 13.0. The molecule has 1 saturated carbocycles. The van der Waals surface area contributed by atoms with Gasteiger partial charge in [0.05, 0.1) is 10.9 Å². The second kappa shape index (κ2) is 6.32. The van der Waals surface area contributed by atoms with Crippen LogP contribution in [-0.2, 0) is 14.6 Å². The molecule has 108 valence electrons. The summed E-state index contributed by atoms with van der Waals surface area (Å²) in [6.07, 6.45) is 4.33. The molecular formula is C12H25NO4S. The molecule has 0 aromatic rings. The van der Waals surface area contributed by atoms with Crippen LogP contribution in [0.4, 0.5) is 0 Å². The summed E-state index contributed by atoms with van der Waals surface area (Å²) >= 11 is 0. The van der Waals surface area contributed by atoms with Crippen LogP contribution in [0.15, 0.2) is 0 Å². The van der Waals surface area contributed by atoms with E-state index in [1.165, 1.54) is 6.26 Å². The standard InChI is InChI=1S/C12H25NO4S/c1-12(14,7-8-17-2)9-13-10-5-4-6-11(10)18(3,15)16/h10-11,13-14H,4-9H2,1-3H3. The van der Waals surface area contributed by atoms with E-state index in [4.69, 9.17) is 4.74 Å². The summed E-state index contributed by atoms with van der Waals surface area (Å²) in [6.45, 7) is 2.63. The summed E-state index contributed by atoms with van der Waals surface area (Å²) in [5.74, 6) is 0. The Hall–Kier alpha value is -0.170. The Morgan fingerprint density at radius 3 is 2.67 bits per heavy atom. The predicted molar refractivity (Wildman–Crippen MR) is 71.4 cm³/mol. The smallest absolute Gasteiger partial charge is 0.151 e. The SMILES string of the molecule is COCCC(C)(O)CNC1CCCC1S(C)(=O)=O. The molecule has 0 heterocycles. The summed E-state index contributed by atoms with van der Waals surface area (Å²) in [7, 11) is -1.41. The Labute approximate surface area is 110 Å². The number of sulfone groups is 1. The molecule has 0 saturated heterocycles. The van der Waals surface area contributed by atoms with Gasteiger partial charge in [-0.15, -0.1) is 0 Å². The van der Waals surface area contributed by atoms with Gasteiger partial charge in [0.2, 0.25) is 0 Å². The fraction of sp³-hybridized carbons (Fsp3) is 1.00. The predicted octanol–water partition coefficient (Wildman–Crippen LogP) is 0.329. The van der Waals surface area contributed by atoms with Crippen LogP contribution in [0.25, 0.3) is 0 Å². The van der Waals surface area contributed by atoms with Crippen LogP contribution in [0, 0.1) is 0 Å². The molecule has 0 spiro atoms. The normalized spacial score (nSPS) is 28.2. The second-order valence-electron chi connectivity index (χ2n) is 5.53. The molecule has 1 aliphatic carbocycles. The third kappa shape index (κ3) is 4.84. The van der Waals surface area contributed by atoms with E-state index in [1.807, 2.05) is 0 Å². The number of ether oxygens (including phenoxy) is 1. The van der Waals surface area contributed by atoms with Gasteiger partial charge in [0.1, 0.15) is 0 Å². The van der Waals surface area contributed by atoms with Crippen LogP contribution in [0.5, 0.6) is 0 Å². The van der Waals surface area contributed by atoms with E-state index in [-0.39, 0.29) is 11.3 Å². The van der Waals surface area contributed by atoms with Crippen molar-refractivity contribution < 1.29 is 18.3 Å². The van der Waals surface area contributed by atoms with Crippen molar-refractivity contribution in [3.8, 4) is 0 Å². The number of methoxy groups -OCH3 is 1. The summed E-state index contributed by atoms with van der Waals surface area (Å²) in [5.41, 5.74) is -0.860. The van der Waals surface area contributed by atoms with Gasteiger partial charge < -0.3 is 15.2 Å². The highest BCUT2D eigenvalue weighted by Gasteiger charge is 2.35. The van der Waals surface area contributed by atoms with Gasteiger partial charge in [0.25, 0.3) is 0 Å². The average Bonchev–Trinajstić information content (AvgIpc) is 2.72. The van der Waals surface area contributed by atoms with Crippen molar-refractivity contribution in [2.75, 3.05) is 26.5 Å². The van der Waals surface area contributed by atoms with E-state index in [2.05, 4.69) is 5.32 Å². The van der Waals surface area contributed by atoms with E-state index in [9.17, 15) is 13.5 Å². The highest BCUT2D eigenvalue weighted by molar-refractivity contribution is 7.91. The maximum absolute atomic E-state index is 11.6. The van der Waals surface area contributed by atoms with Gasteiger partial charge in [-0.05, 0) is 19.8 Å². The first-order valence-corrected chi connectivity index (χ1v) is 8.35. The number of aliphatic hydroxyl groups is 1. The Morgan fingerprint density at radius 2 is 2.11 bits per heavy atom. The van der Waals surface area contributed by atoms with Crippen molar-refractivity contribution in [1.29, 1.82) is 0 Å². The van der Waals surface area contributed by atoms with Crippen LogP contribution < -0.4 is 5.32 Å². The Morgan fingerprint density at radius 1 is 1.44 bits per heavy atom. The van der Waals surface area contributed by atoms with Crippen molar-refractivity contribution in [2.24, 2.45) is 0 Å².